The zero-order chi connectivity index (χ0) is 38.9. The monoisotopic (exact) mass is 774 g/mol. The Hall–Kier alpha value is -1.25. The van der Waals surface area contributed by atoms with E-state index in [0.717, 1.165) is 44.9 Å². The van der Waals surface area contributed by atoms with Crippen molar-refractivity contribution < 1.29 is 37.6 Å². The number of esters is 2. The molecule has 0 rings (SSSR count). The summed E-state index contributed by atoms with van der Waals surface area (Å²) in [5, 5.41) is 0. The fourth-order valence-electron chi connectivity index (χ4n) is 6.34. The molecule has 53 heavy (non-hydrogen) atoms. The Morgan fingerprint density at radius 2 is 0.925 bits per heavy atom. The van der Waals surface area contributed by atoms with Gasteiger partial charge in [-0.05, 0) is 38.5 Å². The lowest BCUT2D eigenvalue weighted by molar-refractivity contribution is -0.161. The number of unbranched alkanes of at least 4 members (excludes halogenated alkanes) is 27. The molecule has 0 fully saturated rings. The summed E-state index contributed by atoms with van der Waals surface area (Å²) in [6.45, 7) is 3.75. The second-order valence-electron chi connectivity index (χ2n) is 14.9. The number of allylic oxidation sites excluding steroid dienone is 2. The molecule has 0 saturated carbocycles. The molecule has 10 heteroatoms. The first-order chi connectivity index (χ1) is 25.8. The van der Waals surface area contributed by atoms with E-state index in [-0.39, 0.29) is 38.6 Å². The molecule has 3 N–H and O–H groups in total. The van der Waals surface area contributed by atoms with E-state index in [1.807, 2.05) is 0 Å². The van der Waals surface area contributed by atoms with Gasteiger partial charge in [0.05, 0.1) is 13.2 Å². The lowest BCUT2D eigenvalue weighted by Crippen LogP contribution is -2.29. The highest BCUT2D eigenvalue weighted by Gasteiger charge is 2.26. The topological polar surface area (TPSA) is 134 Å². The third-order valence-corrected chi connectivity index (χ3v) is 10.6. The van der Waals surface area contributed by atoms with Crippen LogP contribution in [0.3, 0.4) is 0 Å². The van der Waals surface area contributed by atoms with Crippen molar-refractivity contribution >= 4 is 19.8 Å². The summed E-state index contributed by atoms with van der Waals surface area (Å²) in [5.41, 5.74) is 5.35. The van der Waals surface area contributed by atoms with Gasteiger partial charge in [-0.3, -0.25) is 18.6 Å². The van der Waals surface area contributed by atoms with E-state index in [2.05, 4.69) is 26.0 Å². The van der Waals surface area contributed by atoms with Gasteiger partial charge in [-0.25, -0.2) is 4.57 Å². The molecule has 0 heterocycles. The molecule has 2 atom stereocenters. The Labute approximate surface area is 326 Å². The highest BCUT2D eigenvalue weighted by atomic mass is 31.2. The number of nitrogens with two attached hydrogens (primary N) is 1. The number of carbonyl (C=O) groups excluding carboxylic acids is 2. The summed E-state index contributed by atoms with van der Waals surface area (Å²) in [4.78, 5) is 34.9. The quantitative estimate of drug-likeness (QED) is 0.0269. The summed E-state index contributed by atoms with van der Waals surface area (Å²) in [5.74, 6) is -0.823. The molecule has 0 aromatic rings. The molecule has 0 saturated heterocycles. The molecule has 2 unspecified atom stereocenters. The van der Waals surface area contributed by atoms with E-state index in [1.54, 1.807) is 0 Å². The molecule has 0 spiro atoms. The summed E-state index contributed by atoms with van der Waals surface area (Å²) in [6.07, 6.45) is 40.9. The summed E-state index contributed by atoms with van der Waals surface area (Å²) < 4.78 is 32.8. The van der Waals surface area contributed by atoms with Gasteiger partial charge in [0.25, 0.3) is 0 Å². The van der Waals surface area contributed by atoms with Crippen molar-refractivity contribution in [2.75, 3.05) is 26.4 Å². The second kappa shape index (κ2) is 40.4. The molecule has 314 valence electrons. The largest absolute Gasteiger partial charge is 0.472 e. The minimum absolute atomic E-state index is 0.0555. The van der Waals surface area contributed by atoms with Crippen molar-refractivity contribution in [3.63, 3.8) is 0 Å². The molecule has 0 bridgehead atoms. The number of rotatable bonds is 42. The SMILES string of the molecule is CCCCCCCCC/C=C\CCCCCCCCCC(=O)OC(COC(=O)CCCCCCCCCCCCCCCC)COP(=O)(O)OCCN. The van der Waals surface area contributed by atoms with Crippen molar-refractivity contribution in [3.05, 3.63) is 12.2 Å². The van der Waals surface area contributed by atoms with Crippen LogP contribution in [0.25, 0.3) is 0 Å². The van der Waals surface area contributed by atoms with Crippen molar-refractivity contribution in [2.24, 2.45) is 5.73 Å². The van der Waals surface area contributed by atoms with E-state index in [1.165, 1.54) is 141 Å². The van der Waals surface area contributed by atoms with E-state index < -0.39 is 26.5 Å². The van der Waals surface area contributed by atoms with E-state index in [9.17, 15) is 19.0 Å². The van der Waals surface area contributed by atoms with Gasteiger partial charge in [0.2, 0.25) is 0 Å². The number of phosphoric ester groups is 1. The van der Waals surface area contributed by atoms with Crippen LogP contribution in [0.4, 0.5) is 0 Å². The normalized spacial score (nSPS) is 13.4. The van der Waals surface area contributed by atoms with Gasteiger partial charge in [0.1, 0.15) is 6.61 Å². The smallest absolute Gasteiger partial charge is 0.462 e. The number of carbonyl (C=O) groups is 2. The maximum atomic E-state index is 12.6. The molecular weight excluding hydrogens is 689 g/mol. The fraction of sp³-hybridized carbons (Fsp3) is 0.907. The van der Waals surface area contributed by atoms with Gasteiger partial charge in [0.15, 0.2) is 6.10 Å². The average molecular weight is 774 g/mol. The predicted octanol–water partition coefficient (Wildman–Crippen LogP) is 12.6. The summed E-state index contributed by atoms with van der Waals surface area (Å²) in [7, 11) is -4.37. The van der Waals surface area contributed by atoms with Gasteiger partial charge in [-0.2, -0.15) is 0 Å². The fourth-order valence-corrected chi connectivity index (χ4v) is 7.10. The molecule has 9 nitrogen and oxygen atoms in total. The van der Waals surface area contributed by atoms with Gasteiger partial charge in [0, 0.05) is 19.4 Å². The van der Waals surface area contributed by atoms with Crippen LogP contribution in [0.1, 0.15) is 219 Å². The van der Waals surface area contributed by atoms with Crippen LogP contribution in [0.5, 0.6) is 0 Å². The summed E-state index contributed by atoms with van der Waals surface area (Å²) in [6, 6.07) is 0. The third kappa shape index (κ3) is 40.2. The van der Waals surface area contributed by atoms with Crippen molar-refractivity contribution in [2.45, 2.75) is 225 Å². The number of ether oxygens (including phenoxy) is 2. The third-order valence-electron chi connectivity index (χ3n) is 9.65. The van der Waals surface area contributed by atoms with Crippen molar-refractivity contribution in [1.29, 1.82) is 0 Å². The van der Waals surface area contributed by atoms with Crippen LogP contribution in [0.15, 0.2) is 12.2 Å². The maximum Gasteiger partial charge on any atom is 0.472 e. The van der Waals surface area contributed by atoms with E-state index in [4.69, 9.17) is 24.3 Å². The Morgan fingerprint density at radius 3 is 1.34 bits per heavy atom. The number of hydrogen-bond donors (Lipinski definition) is 2. The predicted molar refractivity (Wildman–Crippen MR) is 220 cm³/mol. The molecule has 0 amide bonds. The van der Waals surface area contributed by atoms with Crippen LogP contribution in [-0.2, 0) is 32.7 Å². The number of phosphoric acid groups is 1. The summed E-state index contributed by atoms with van der Waals surface area (Å²) >= 11 is 0. The highest BCUT2D eigenvalue weighted by Crippen LogP contribution is 2.43. The van der Waals surface area contributed by atoms with Crippen molar-refractivity contribution in [3.8, 4) is 0 Å². The first kappa shape index (κ1) is 51.8. The molecule has 0 radical (unpaired) electrons. The van der Waals surface area contributed by atoms with Crippen LogP contribution in [0, 0.1) is 0 Å². The molecule has 0 aliphatic heterocycles. The Balaban J connectivity index is 4.11. The zero-order valence-electron chi connectivity index (χ0n) is 34.5. The van der Waals surface area contributed by atoms with Crippen LogP contribution < -0.4 is 5.73 Å². The highest BCUT2D eigenvalue weighted by molar-refractivity contribution is 7.47. The first-order valence-electron chi connectivity index (χ1n) is 22.2. The van der Waals surface area contributed by atoms with Crippen LogP contribution in [0.2, 0.25) is 0 Å². The zero-order valence-corrected chi connectivity index (χ0v) is 35.4. The first-order valence-corrected chi connectivity index (χ1v) is 23.7. The Morgan fingerprint density at radius 1 is 0.547 bits per heavy atom. The van der Waals surface area contributed by atoms with Gasteiger partial charge >= 0.3 is 19.8 Å². The molecule has 0 aromatic heterocycles. The second-order valence-corrected chi connectivity index (χ2v) is 16.4. The standard InChI is InChI=1S/C43H84NO8P/c1-3-5-7-9-11-13-15-17-19-20-21-22-24-26-28-30-32-34-36-43(46)52-41(40-51-53(47,48)50-38-37-44)39-49-42(45)35-33-31-29-27-25-23-18-16-14-12-10-8-6-4-2/h19-20,41H,3-18,21-40,44H2,1-2H3,(H,47,48)/b20-19-. The molecular formula is C43H84NO8P. The van der Waals surface area contributed by atoms with E-state index >= 15 is 0 Å². The lowest BCUT2D eigenvalue weighted by Gasteiger charge is -2.19. The number of hydrogen-bond acceptors (Lipinski definition) is 8. The molecule has 0 aliphatic carbocycles. The Bertz CT molecular complexity index is 886. The average Bonchev–Trinajstić information content (AvgIpc) is 3.14. The molecule has 0 aliphatic rings. The minimum atomic E-state index is -4.37. The van der Waals surface area contributed by atoms with Gasteiger partial charge in [-0.15, -0.1) is 0 Å². The van der Waals surface area contributed by atoms with Gasteiger partial charge in [-0.1, -0.05) is 180 Å². The van der Waals surface area contributed by atoms with E-state index in [0.29, 0.717) is 6.42 Å². The van der Waals surface area contributed by atoms with Crippen LogP contribution >= 0.6 is 7.82 Å². The van der Waals surface area contributed by atoms with Crippen molar-refractivity contribution in [1.82, 2.24) is 0 Å². The van der Waals surface area contributed by atoms with Gasteiger partial charge < -0.3 is 20.1 Å². The minimum Gasteiger partial charge on any atom is -0.462 e. The molecule has 0 aromatic carbocycles. The lowest BCUT2D eigenvalue weighted by atomic mass is 10.0. The maximum absolute atomic E-state index is 12.6. The Kier molecular flexibility index (Phi) is 39.5. The van der Waals surface area contributed by atoms with Crippen LogP contribution in [-0.4, -0.2) is 49.3 Å².